The van der Waals surface area contributed by atoms with Gasteiger partial charge in [0.05, 0.1) is 33.7 Å². The molecule has 2 amide bonds. The van der Waals surface area contributed by atoms with Crippen LogP contribution in [0.5, 0.6) is 0 Å². The van der Waals surface area contributed by atoms with Crippen LogP contribution < -0.4 is 11.1 Å². The van der Waals surface area contributed by atoms with Gasteiger partial charge in [0.15, 0.2) is 22.7 Å². The fourth-order valence-electron chi connectivity index (χ4n) is 5.95. The van der Waals surface area contributed by atoms with Gasteiger partial charge in [0, 0.05) is 24.2 Å². The van der Waals surface area contributed by atoms with Crippen molar-refractivity contribution in [2.75, 3.05) is 16.0 Å². The molecule has 2 saturated carbocycles. The largest absolute Gasteiger partial charge is 0.382 e. The number of pyridine rings is 2. The van der Waals surface area contributed by atoms with Crippen molar-refractivity contribution in [1.29, 1.82) is 0 Å². The fraction of sp³-hybridized carbons (Fsp3) is 0.359. The number of nitrogen functional groups attached to an aromatic ring is 1. The molecule has 3 N–H and O–H groups in total. The highest BCUT2D eigenvalue weighted by Crippen LogP contribution is 2.33. The maximum atomic E-state index is 12.3. The van der Waals surface area contributed by atoms with E-state index in [-0.39, 0.29) is 34.8 Å². The molecular weight excluding hydrogens is 905 g/mol. The quantitative estimate of drug-likeness (QED) is 0.109. The lowest BCUT2D eigenvalue weighted by Crippen LogP contribution is -2.32. The molecule has 0 aromatic carbocycles. The zero-order chi connectivity index (χ0) is 40.9. The zero-order valence-electron chi connectivity index (χ0n) is 32.2. The first-order valence-corrected chi connectivity index (χ1v) is 21.5. The van der Waals surface area contributed by atoms with E-state index < -0.39 is 10.8 Å². The van der Waals surface area contributed by atoms with Crippen molar-refractivity contribution in [3.63, 3.8) is 0 Å². The second-order valence-electron chi connectivity index (χ2n) is 14.6. The van der Waals surface area contributed by atoms with Crippen LogP contribution >= 0.6 is 38.5 Å². The Morgan fingerprint density at radius 3 is 1.82 bits per heavy atom. The average molecular weight is 949 g/mol. The number of ketones is 1. The number of alkyl halides is 2. The number of nitrogens with zero attached hydrogens (tertiary/aromatic N) is 11. The van der Waals surface area contributed by atoms with Gasteiger partial charge in [-0.25, -0.2) is 9.50 Å². The summed E-state index contributed by atoms with van der Waals surface area (Å²) in [5.41, 5.74) is 9.16. The molecule has 16 nitrogen and oxygen atoms in total. The van der Waals surface area contributed by atoms with Crippen LogP contribution in [0.25, 0.3) is 16.9 Å². The lowest BCUT2D eigenvalue weighted by molar-refractivity contribution is -0.129. The minimum atomic E-state index is -0.458. The van der Waals surface area contributed by atoms with Gasteiger partial charge in [-0.3, -0.25) is 28.5 Å². The number of imidazole rings is 1. The number of halogens is 2. The second kappa shape index (κ2) is 17.5. The van der Waals surface area contributed by atoms with E-state index in [0.717, 1.165) is 60.0 Å². The molecule has 7 heterocycles. The van der Waals surface area contributed by atoms with Crippen LogP contribution in [0.2, 0.25) is 0 Å². The third-order valence-electron chi connectivity index (χ3n) is 9.56. The van der Waals surface area contributed by atoms with Gasteiger partial charge < -0.3 is 5.73 Å². The van der Waals surface area contributed by atoms with E-state index in [1.165, 1.54) is 0 Å². The molecule has 7 aromatic rings. The maximum absolute atomic E-state index is 12.3. The number of amides is 2. The third-order valence-corrected chi connectivity index (χ3v) is 10.1. The number of carbonyl (C=O) groups is 3. The van der Waals surface area contributed by atoms with E-state index in [2.05, 4.69) is 93.3 Å². The predicted molar refractivity (Wildman–Crippen MR) is 226 cm³/mol. The van der Waals surface area contributed by atoms with Crippen molar-refractivity contribution >= 4 is 78.9 Å². The lowest BCUT2D eigenvalue weighted by atomic mass is 9.88. The van der Waals surface area contributed by atoms with Crippen molar-refractivity contribution in [3.8, 4) is 0 Å². The lowest BCUT2D eigenvalue weighted by Gasteiger charge is -2.21. The Hall–Kier alpha value is -5.24. The van der Waals surface area contributed by atoms with Crippen LogP contribution in [0.3, 0.4) is 0 Å². The van der Waals surface area contributed by atoms with Gasteiger partial charge in [-0.2, -0.15) is 10.2 Å². The van der Waals surface area contributed by atoms with Crippen LogP contribution in [-0.4, -0.2) is 81.8 Å². The van der Waals surface area contributed by atoms with Gasteiger partial charge in [-0.1, -0.05) is 50.7 Å². The summed E-state index contributed by atoms with van der Waals surface area (Å²) in [4.78, 5) is 40.1. The molecule has 0 bridgehead atoms. The Bertz CT molecular complexity index is 2520. The van der Waals surface area contributed by atoms with Crippen LogP contribution in [0.1, 0.15) is 86.9 Å². The standard InChI is InChI=1S/C19H18N6O.C13H14N6.C6H8BrNO2.CH3I/c1-19(2,18-22-21-16-5-3-4-10-24(16)18)14-8-9-15-20-13(11-25(15)23-14)17(26)12-6-7-12;1-13(2,9-6-7-10(14)16-15-9)12-18-17-11-5-3-4-8-19(11)12;7-3-5(9)8-6(10)4-1-2-4;1-2/h3-5,8-12H,6-7H2,1-2H3;3-8H,1-2H3,(H2,14,16);4H,1-3H2,(H,8,9,10);1H3. The summed E-state index contributed by atoms with van der Waals surface area (Å²) >= 11 is 5.10. The molecule has 57 heavy (non-hydrogen) atoms. The van der Waals surface area contributed by atoms with Crippen molar-refractivity contribution in [2.24, 2.45) is 11.8 Å². The third kappa shape index (κ3) is 9.33. The topological polar surface area (TPSA) is 206 Å². The molecule has 0 aliphatic heterocycles. The summed E-state index contributed by atoms with van der Waals surface area (Å²) in [6, 6.07) is 19.1. The molecule has 2 aliphatic carbocycles. The molecule has 9 rings (SSSR count). The predicted octanol–water partition coefficient (Wildman–Crippen LogP) is 5.60. The molecule has 296 valence electrons. The van der Waals surface area contributed by atoms with Gasteiger partial charge in [0.25, 0.3) is 0 Å². The molecule has 0 saturated heterocycles. The summed E-state index contributed by atoms with van der Waals surface area (Å²) in [6.07, 6.45) is 9.43. The molecule has 0 unspecified atom stereocenters. The minimum Gasteiger partial charge on any atom is -0.382 e. The number of nitrogens with two attached hydrogens (primary N) is 1. The summed E-state index contributed by atoms with van der Waals surface area (Å²) in [6.45, 7) is 8.21. The van der Waals surface area contributed by atoms with Crippen molar-refractivity contribution < 1.29 is 14.4 Å². The SMILES string of the molecule is CC(C)(c1ccc(N)nn1)c1nnc2ccccn12.CC(C)(c1ccc2nc(C(=O)C3CC3)cn2n1)c1nnc2ccccn12.CI.O=C(CBr)NC(=O)C1CC1. The van der Waals surface area contributed by atoms with Gasteiger partial charge in [-0.05, 0) is 107 Å². The van der Waals surface area contributed by atoms with Crippen molar-refractivity contribution in [2.45, 2.75) is 64.2 Å². The number of Topliss-reactive ketones (excluding diaryl/α,β-unsaturated/α-hetero) is 1. The molecule has 2 fully saturated rings. The molecule has 0 radical (unpaired) electrons. The number of imide groups is 1. The second-order valence-corrected chi connectivity index (χ2v) is 15.2. The Morgan fingerprint density at radius 2 is 1.30 bits per heavy atom. The number of anilines is 1. The molecule has 2 aliphatic rings. The molecular formula is C39H43BrIN13O3. The Kier molecular flexibility index (Phi) is 12.7. The van der Waals surface area contributed by atoms with E-state index >= 15 is 0 Å². The summed E-state index contributed by atoms with van der Waals surface area (Å²) in [5, 5.41) is 32.3. The normalized spacial score (nSPS) is 13.8. The van der Waals surface area contributed by atoms with Gasteiger partial charge in [0.1, 0.15) is 23.2 Å². The van der Waals surface area contributed by atoms with E-state index in [9.17, 15) is 14.4 Å². The van der Waals surface area contributed by atoms with Crippen LogP contribution in [-0.2, 0) is 20.4 Å². The monoisotopic (exact) mass is 947 g/mol. The van der Waals surface area contributed by atoms with Gasteiger partial charge in [0.2, 0.25) is 11.8 Å². The number of nitrogens with one attached hydrogen (secondary N) is 1. The zero-order valence-corrected chi connectivity index (χ0v) is 35.9. The van der Waals surface area contributed by atoms with Gasteiger partial charge >= 0.3 is 0 Å². The number of carbonyl (C=O) groups excluding carboxylic acids is 3. The van der Waals surface area contributed by atoms with E-state index in [4.69, 9.17) is 10.8 Å². The van der Waals surface area contributed by atoms with Gasteiger partial charge in [-0.15, -0.1) is 25.5 Å². The Balaban J connectivity index is 0.000000155. The number of hydrogen-bond donors (Lipinski definition) is 2. The first-order chi connectivity index (χ1) is 27.4. The first-order valence-electron chi connectivity index (χ1n) is 18.3. The number of fused-ring (bicyclic) bond motifs is 3. The first kappa shape index (κ1) is 41.4. The smallest absolute Gasteiger partial charge is 0.237 e. The van der Waals surface area contributed by atoms with E-state index in [0.29, 0.717) is 17.2 Å². The van der Waals surface area contributed by atoms with E-state index in [1.54, 1.807) is 16.8 Å². The molecule has 0 spiro atoms. The van der Waals surface area contributed by atoms with E-state index in [1.807, 2.05) is 94.6 Å². The minimum absolute atomic E-state index is 0.114. The van der Waals surface area contributed by atoms with Crippen LogP contribution in [0.15, 0.2) is 79.3 Å². The molecule has 0 atom stereocenters. The highest BCUT2D eigenvalue weighted by Gasteiger charge is 2.34. The summed E-state index contributed by atoms with van der Waals surface area (Å²) in [5.74, 6) is 2.06. The number of hydrogen-bond acceptors (Lipinski definition) is 12. The summed E-state index contributed by atoms with van der Waals surface area (Å²) in [7, 11) is 0. The van der Waals surface area contributed by atoms with Crippen molar-refractivity contribution in [1.82, 2.24) is 59.3 Å². The Labute approximate surface area is 350 Å². The maximum Gasteiger partial charge on any atom is 0.237 e. The highest BCUT2D eigenvalue weighted by atomic mass is 127. The Morgan fingerprint density at radius 1 is 0.737 bits per heavy atom. The summed E-state index contributed by atoms with van der Waals surface area (Å²) < 4.78 is 5.62. The van der Waals surface area contributed by atoms with Crippen LogP contribution in [0, 0.1) is 11.8 Å². The fourth-order valence-corrected chi connectivity index (χ4v) is 6.09. The number of aromatic nitrogens is 11. The highest BCUT2D eigenvalue weighted by molar-refractivity contribution is 14.1. The number of rotatable bonds is 8. The molecule has 18 heteroatoms. The van der Waals surface area contributed by atoms with Crippen LogP contribution in [0.4, 0.5) is 5.82 Å². The molecule has 7 aromatic heterocycles. The van der Waals surface area contributed by atoms with Crippen molar-refractivity contribution in [3.05, 3.63) is 108 Å². The average Bonchev–Trinajstić information content (AvgIpc) is 4.13.